The lowest BCUT2D eigenvalue weighted by Crippen LogP contribution is -2.05. The van der Waals surface area contributed by atoms with E-state index in [0.717, 1.165) is 43.6 Å². The van der Waals surface area contributed by atoms with Gasteiger partial charge in [0, 0.05) is 6.54 Å². The molecule has 0 fully saturated rings. The van der Waals surface area contributed by atoms with Gasteiger partial charge >= 0.3 is 0 Å². The summed E-state index contributed by atoms with van der Waals surface area (Å²) in [6, 6.07) is 2.04. The number of aliphatic hydroxyl groups excluding tert-OH is 1. The zero-order chi connectivity index (χ0) is 9.26. The highest BCUT2D eigenvalue weighted by Gasteiger charge is 2.17. The van der Waals surface area contributed by atoms with Crippen LogP contribution in [0.4, 0.5) is 0 Å². The zero-order valence-corrected chi connectivity index (χ0v) is 8.03. The average molecular weight is 180 g/mol. The summed E-state index contributed by atoms with van der Waals surface area (Å²) in [5.41, 5.74) is 2.10. The van der Waals surface area contributed by atoms with Crippen LogP contribution >= 0.6 is 0 Å². The van der Waals surface area contributed by atoms with E-state index in [9.17, 15) is 5.11 Å². The number of nitrogens with zero attached hydrogens (tertiary/aromatic N) is 2. The summed E-state index contributed by atoms with van der Waals surface area (Å²) in [4.78, 5) is 0. The van der Waals surface area contributed by atoms with Crippen LogP contribution in [-0.4, -0.2) is 14.9 Å². The fraction of sp³-hybridized carbons (Fsp3) is 0.700. The van der Waals surface area contributed by atoms with E-state index in [4.69, 9.17) is 0 Å². The number of aliphatic hydroxyl groups is 1. The summed E-state index contributed by atoms with van der Waals surface area (Å²) >= 11 is 0. The largest absolute Gasteiger partial charge is 0.387 e. The second-order valence-corrected chi connectivity index (χ2v) is 3.65. The molecule has 0 aliphatic carbocycles. The van der Waals surface area contributed by atoms with E-state index < -0.39 is 0 Å². The van der Waals surface area contributed by atoms with Gasteiger partial charge in [-0.3, -0.25) is 4.68 Å². The first kappa shape index (κ1) is 8.75. The first-order valence-corrected chi connectivity index (χ1v) is 5.06. The third-order valence-electron chi connectivity index (χ3n) is 2.66. The van der Waals surface area contributed by atoms with Gasteiger partial charge in [0.15, 0.2) is 0 Å². The van der Waals surface area contributed by atoms with Gasteiger partial charge < -0.3 is 5.11 Å². The highest BCUT2D eigenvalue weighted by molar-refractivity contribution is 5.13. The van der Waals surface area contributed by atoms with E-state index in [0.29, 0.717) is 0 Å². The van der Waals surface area contributed by atoms with Crippen LogP contribution in [0.1, 0.15) is 43.7 Å². The van der Waals surface area contributed by atoms with Gasteiger partial charge in [0.1, 0.15) is 0 Å². The fourth-order valence-electron chi connectivity index (χ4n) is 1.85. The van der Waals surface area contributed by atoms with Crippen molar-refractivity contribution in [3.8, 4) is 0 Å². The topological polar surface area (TPSA) is 38.0 Å². The Morgan fingerprint density at radius 1 is 1.62 bits per heavy atom. The number of aryl methyl sites for hydroxylation is 2. The van der Waals surface area contributed by atoms with Crippen LogP contribution in [0.5, 0.6) is 0 Å². The van der Waals surface area contributed by atoms with E-state index in [1.165, 1.54) is 0 Å². The molecule has 0 aromatic carbocycles. The molecule has 1 aliphatic heterocycles. The summed E-state index contributed by atoms with van der Waals surface area (Å²) in [5, 5.41) is 14.2. The molecule has 1 aliphatic rings. The molecule has 0 saturated carbocycles. The molecule has 1 aromatic rings. The van der Waals surface area contributed by atoms with Gasteiger partial charge in [0.05, 0.1) is 17.5 Å². The van der Waals surface area contributed by atoms with Gasteiger partial charge in [-0.2, -0.15) is 5.10 Å². The number of fused-ring (bicyclic) bond motifs is 1. The van der Waals surface area contributed by atoms with Gasteiger partial charge in [-0.15, -0.1) is 0 Å². The van der Waals surface area contributed by atoms with Crippen molar-refractivity contribution >= 4 is 0 Å². The van der Waals surface area contributed by atoms with Crippen molar-refractivity contribution in [2.24, 2.45) is 0 Å². The number of rotatable bonds is 1. The standard InChI is InChI=1S/C10H16N2O/c1-2-8-7-9-10(13)5-3-4-6-12(9)11-8/h7,10,13H,2-6H2,1H3. The van der Waals surface area contributed by atoms with E-state index in [2.05, 4.69) is 12.0 Å². The maximum absolute atomic E-state index is 9.79. The number of hydrogen-bond acceptors (Lipinski definition) is 2. The van der Waals surface area contributed by atoms with Gasteiger partial charge in [-0.05, 0) is 31.7 Å². The summed E-state index contributed by atoms with van der Waals surface area (Å²) in [6.07, 6.45) is 3.78. The minimum Gasteiger partial charge on any atom is -0.387 e. The van der Waals surface area contributed by atoms with E-state index >= 15 is 0 Å². The summed E-state index contributed by atoms with van der Waals surface area (Å²) in [5.74, 6) is 0. The molecule has 1 atom stereocenters. The molecular weight excluding hydrogens is 164 g/mol. The molecule has 0 radical (unpaired) electrons. The summed E-state index contributed by atoms with van der Waals surface area (Å²) in [6.45, 7) is 3.06. The van der Waals surface area contributed by atoms with E-state index in [1.807, 2.05) is 10.7 Å². The first-order valence-electron chi connectivity index (χ1n) is 5.06. The molecule has 0 spiro atoms. The van der Waals surface area contributed by atoms with Gasteiger partial charge in [0.2, 0.25) is 0 Å². The Kier molecular flexibility index (Phi) is 2.36. The molecule has 3 nitrogen and oxygen atoms in total. The molecular formula is C10H16N2O. The molecule has 0 bridgehead atoms. The first-order chi connectivity index (χ1) is 6.31. The van der Waals surface area contributed by atoms with Crippen LogP contribution in [0.15, 0.2) is 6.07 Å². The Bertz CT molecular complexity index is 293. The number of hydrogen-bond donors (Lipinski definition) is 1. The molecule has 1 aromatic heterocycles. The predicted octanol–water partition coefficient (Wildman–Crippen LogP) is 1.66. The van der Waals surface area contributed by atoms with Gasteiger partial charge in [0.25, 0.3) is 0 Å². The van der Waals surface area contributed by atoms with Crippen molar-refractivity contribution in [3.05, 3.63) is 17.5 Å². The lowest BCUT2D eigenvalue weighted by Gasteiger charge is -2.06. The Morgan fingerprint density at radius 2 is 2.46 bits per heavy atom. The molecule has 2 heterocycles. The van der Waals surface area contributed by atoms with Crippen molar-refractivity contribution < 1.29 is 5.11 Å². The normalized spacial score (nSPS) is 22.5. The predicted molar refractivity (Wildman–Crippen MR) is 50.4 cm³/mol. The molecule has 2 rings (SSSR count). The number of aromatic nitrogens is 2. The molecule has 3 heteroatoms. The van der Waals surface area contributed by atoms with Crippen molar-refractivity contribution in [3.63, 3.8) is 0 Å². The third kappa shape index (κ3) is 1.61. The lowest BCUT2D eigenvalue weighted by atomic mass is 10.1. The fourth-order valence-corrected chi connectivity index (χ4v) is 1.85. The van der Waals surface area contributed by atoms with Crippen molar-refractivity contribution in [2.45, 2.75) is 45.3 Å². The van der Waals surface area contributed by atoms with Crippen LogP contribution in [0.3, 0.4) is 0 Å². The van der Waals surface area contributed by atoms with E-state index in [-0.39, 0.29) is 6.10 Å². The Hall–Kier alpha value is -0.830. The SMILES string of the molecule is CCc1cc2n(n1)CCCCC2O. The van der Waals surface area contributed by atoms with Crippen LogP contribution in [-0.2, 0) is 13.0 Å². The molecule has 1 unspecified atom stereocenters. The second kappa shape index (κ2) is 3.50. The zero-order valence-electron chi connectivity index (χ0n) is 8.03. The minimum atomic E-state index is -0.296. The van der Waals surface area contributed by atoms with E-state index in [1.54, 1.807) is 0 Å². The average Bonchev–Trinajstić information content (AvgIpc) is 2.48. The Morgan fingerprint density at radius 3 is 3.23 bits per heavy atom. The lowest BCUT2D eigenvalue weighted by molar-refractivity contribution is 0.161. The van der Waals surface area contributed by atoms with Crippen molar-refractivity contribution in [1.29, 1.82) is 0 Å². The monoisotopic (exact) mass is 180 g/mol. The van der Waals surface area contributed by atoms with Gasteiger partial charge in [-0.1, -0.05) is 6.92 Å². The van der Waals surface area contributed by atoms with Crippen LogP contribution in [0.25, 0.3) is 0 Å². The summed E-state index contributed by atoms with van der Waals surface area (Å²) < 4.78 is 1.97. The highest BCUT2D eigenvalue weighted by Crippen LogP contribution is 2.24. The van der Waals surface area contributed by atoms with Crippen LogP contribution < -0.4 is 0 Å². The molecule has 13 heavy (non-hydrogen) atoms. The molecule has 1 N–H and O–H groups in total. The summed E-state index contributed by atoms with van der Waals surface area (Å²) in [7, 11) is 0. The second-order valence-electron chi connectivity index (χ2n) is 3.65. The molecule has 0 amide bonds. The maximum Gasteiger partial charge on any atom is 0.0956 e. The Balaban J connectivity index is 2.33. The molecule has 0 saturated heterocycles. The van der Waals surface area contributed by atoms with Crippen LogP contribution in [0.2, 0.25) is 0 Å². The third-order valence-corrected chi connectivity index (χ3v) is 2.66. The van der Waals surface area contributed by atoms with Crippen molar-refractivity contribution in [1.82, 2.24) is 9.78 Å². The van der Waals surface area contributed by atoms with Crippen molar-refractivity contribution in [2.75, 3.05) is 0 Å². The van der Waals surface area contributed by atoms with Crippen LogP contribution in [0, 0.1) is 0 Å². The Labute approximate surface area is 78.4 Å². The highest BCUT2D eigenvalue weighted by atomic mass is 16.3. The smallest absolute Gasteiger partial charge is 0.0956 e. The maximum atomic E-state index is 9.79. The van der Waals surface area contributed by atoms with Gasteiger partial charge in [-0.25, -0.2) is 0 Å². The molecule has 72 valence electrons. The quantitative estimate of drug-likeness (QED) is 0.713. The minimum absolute atomic E-state index is 0.296.